The number of benzene rings is 1. The van der Waals surface area contributed by atoms with E-state index in [-0.39, 0.29) is 23.0 Å². The molecule has 0 bridgehead atoms. The molecule has 1 N–H and O–H groups in total. The molecule has 0 unspecified atom stereocenters. The second-order valence-electron chi connectivity index (χ2n) is 6.48. The van der Waals surface area contributed by atoms with Gasteiger partial charge in [0, 0.05) is 13.1 Å². The summed E-state index contributed by atoms with van der Waals surface area (Å²) in [4.78, 5) is 16.9. The zero-order valence-corrected chi connectivity index (χ0v) is 14.8. The van der Waals surface area contributed by atoms with Gasteiger partial charge in [-0.2, -0.15) is 4.31 Å². The lowest BCUT2D eigenvalue weighted by Crippen LogP contribution is -2.33. The van der Waals surface area contributed by atoms with Crippen LogP contribution in [0.25, 0.3) is 5.69 Å². The molecule has 1 aliphatic heterocycles. The van der Waals surface area contributed by atoms with Crippen LogP contribution in [0.1, 0.15) is 35.9 Å². The fraction of sp³-hybridized carbons (Fsp3) is 0.412. The van der Waals surface area contributed by atoms with Crippen LogP contribution in [0.4, 0.5) is 0 Å². The molecule has 1 aromatic carbocycles. The smallest absolute Gasteiger partial charge is 0.271 e. The minimum Gasteiger partial charge on any atom is -0.351 e. The van der Waals surface area contributed by atoms with Crippen LogP contribution in [0.2, 0.25) is 0 Å². The number of fused-ring (bicyclic) bond motifs is 3. The zero-order chi connectivity index (χ0) is 17.6. The van der Waals surface area contributed by atoms with Gasteiger partial charge in [0.15, 0.2) is 5.69 Å². The van der Waals surface area contributed by atoms with Crippen molar-refractivity contribution in [3.63, 3.8) is 0 Å². The van der Waals surface area contributed by atoms with Crippen molar-refractivity contribution in [1.82, 2.24) is 19.2 Å². The number of hydrogen-bond donors (Lipinski definition) is 1. The summed E-state index contributed by atoms with van der Waals surface area (Å²) >= 11 is 0. The first-order valence-electron chi connectivity index (χ1n) is 8.46. The summed E-state index contributed by atoms with van der Waals surface area (Å²) in [6.45, 7) is 2.97. The minimum atomic E-state index is -3.61. The van der Waals surface area contributed by atoms with E-state index in [1.54, 1.807) is 28.8 Å². The molecule has 1 aromatic heterocycles. The second kappa shape index (κ2) is 5.96. The number of imidazole rings is 1. The molecule has 2 aliphatic rings. The van der Waals surface area contributed by atoms with Crippen LogP contribution >= 0.6 is 0 Å². The largest absolute Gasteiger partial charge is 0.351 e. The average molecular weight is 360 g/mol. The Hall–Kier alpha value is -2.19. The molecule has 1 saturated carbocycles. The first-order valence-corrected chi connectivity index (χ1v) is 9.90. The van der Waals surface area contributed by atoms with E-state index in [0.29, 0.717) is 30.4 Å². The Kier molecular flexibility index (Phi) is 3.88. The number of aromatic nitrogens is 2. The fourth-order valence-electron chi connectivity index (χ4n) is 3.18. The lowest BCUT2D eigenvalue weighted by atomic mass is 10.2. The molecule has 8 heteroatoms. The van der Waals surface area contributed by atoms with Gasteiger partial charge in [-0.05, 0) is 37.8 Å². The van der Waals surface area contributed by atoms with Crippen molar-refractivity contribution in [2.45, 2.75) is 31.2 Å². The van der Waals surface area contributed by atoms with Crippen LogP contribution in [0.5, 0.6) is 0 Å². The van der Waals surface area contributed by atoms with Crippen molar-refractivity contribution in [3.05, 3.63) is 42.0 Å². The highest BCUT2D eigenvalue weighted by molar-refractivity contribution is 7.89. The predicted molar refractivity (Wildman–Crippen MR) is 91.9 cm³/mol. The van der Waals surface area contributed by atoms with Crippen molar-refractivity contribution in [2.75, 3.05) is 13.1 Å². The average Bonchev–Trinajstić information content (AvgIpc) is 3.32. The highest BCUT2D eigenvalue weighted by Gasteiger charge is 2.37. The number of carbonyl (C=O) groups excluding carboxylic acids is 1. The molecule has 132 valence electrons. The van der Waals surface area contributed by atoms with Crippen molar-refractivity contribution in [1.29, 1.82) is 0 Å². The lowest BCUT2D eigenvalue weighted by molar-refractivity contribution is 0.0949. The van der Waals surface area contributed by atoms with E-state index in [4.69, 9.17) is 0 Å². The van der Waals surface area contributed by atoms with Gasteiger partial charge in [-0.25, -0.2) is 13.4 Å². The molecule has 1 amide bonds. The molecule has 2 aromatic rings. The predicted octanol–water partition coefficient (Wildman–Crippen LogP) is 1.54. The van der Waals surface area contributed by atoms with Gasteiger partial charge in [-0.15, -0.1) is 0 Å². The summed E-state index contributed by atoms with van der Waals surface area (Å²) in [5.74, 6) is 0.128. The maximum Gasteiger partial charge on any atom is 0.271 e. The monoisotopic (exact) mass is 360 g/mol. The molecular formula is C17H20N4O3S. The number of nitrogens with zero attached hydrogens (tertiary/aromatic N) is 3. The van der Waals surface area contributed by atoms with Crippen molar-refractivity contribution in [3.8, 4) is 5.69 Å². The summed E-state index contributed by atoms with van der Waals surface area (Å²) in [5, 5.41) is 2.75. The number of sulfonamides is 1. The molecule has 0 spiro atoms. The van der Waals surface area contributed by atoms with Crippen LogP contribution in [0, 0.1) is 5.92 Å². The van der Waals surface area contributed by atoms with Crippen LogP contribution in [0.3, 0.4) is 0 Å². The second-order valence-corrected chi connectivity index (χ2v) is 8.38. The van der Waals surface area contributed by atoms with Gasteiger partial charge in [0.2, 0.25) is 10.0 Å². The molecule has 1 aliphatic carbocycles. The highest BCUT2D eigenvalue weighted by Crippen LogP contribution is 2.36. The quantitative estimate of drug-likeness (QED) is 0.896. The Balaban J connectivity index is 1.89. The van der Waals surface area contributed by atoms with Crippen LogP contribution < -0.4 is 5.32 Å². The number of rotatable bonds is 4. The Morgan fingerprint density at radius 2 is 2.08 bits per heavy atom. The van der Waals surface area contributed by atoms with E-state index in [2.05, 4.69) is 10.3 Å². The number of para-hydroxylation sites is 1. The van der Waals surface area contributed by atoms with E-state index < -0.39 is 10.0 Å². The Labute approximate surface area is 146 Å². The number of carbonyl (C=O) groups is 1. The first-order chi connectivity index (χ1) is 12.0. The topological polar surface area (TPSA) is 84.3 Å². The van der Waals surface area contributed by atoms with Gasteiger partial charge in [0.1, 0.15) is 11.2 Å². The van der Waals surface area contributed by atoms with E-state index >= 15 is 0 Å². The lowest BCUT2D eigenvalue weighted by Gasteiger charge is -2.20. The standard InChI is InChI=1S/C17H20N4O3S/c1-2-18-17(22)16-14-10-20(9-12-7-8-12)25(23,24)15-6-4-3-5-13(15)21(14)11-19-16/h3-6,11-12H,2,7-10H2,1H3,(H,18,22). The van der Waals surface area contributed by atoms with E-state index in [0.717, 1.165) is 12.8 Å². The number of amides is 1. The van der Waals surface area contributed by atoms with Gasteiger partial charge in [-0.1, -0.05) is 12.1 Å². The molecule has 2 heterocycles. The Bertz CT molecular complexity index is 931. The summed E-state index contributed by atoms with van der Waals surface area (Å²) in [5.41, 5.74) is 1.44. The summed E-state index contributed by atoms with van der Waals surface area (Å²) in [6, 6.07) is 6.88. The Morgan fingerprint density at radius 1 is 1.32 bits per heavy atom. The SMILES string of the molecule is CCNC(=O)c1ncn2c1CN(CC1CC1)S(=O)(=O)c1ccccc1-2. The van der Waals surface area contributed by atoms with E-state index in [1.807, 2.05) is 6.92 Å². The van der Waals surface area contributed by atoms with Crippen LogP contribution in [-0.2, 0) is 16.6 Å². The molecule has 7 nitrogen and oxygen atoms in total. The highest BCUT2D eigenvalue weighted by atomic mass is 32.2. The van der Waals surface area contributed by atoms with Crippen molar-refractivity contribution in [2.24, 2.45) is 5.92 Å². The van der Waals surface area contributed by atoms with E-state index in [9.17, 15) is 13.2 Å². The molecule has 0 radical (unpaired) electrons. The molecule has 4 rings (SSSR count). The third kappa shape index (κ3) is 2.75. The summed E-state index contributed by atoms with van der Waals surface area (Å²) in [7, 11) is -3.61. The number of nitrogens with one attached hydrogen (secondary N) is 1. The molecule has 0 atom stereocenters. The van der Waals surface area contributed by atoms with Gasteiger partial charge < -0.3 is 5.32 Å². The minimum absolute atomic E-state index is 0.153. The third-order valence-electron chi connectivity index (χ3n) is 4.65. The van der Waals surface area contributed by atoms with Crippen molar-refractivity contribution >= 4 is 15.9 Å². The zero-order valence-electron chi connectivity index (χ0n) is 14.0. The molecule has 1 fully saturated rings. The summed E-state index contributed by atoms with van der Waals surface area (Å²) < 4.78 is 29.5. The van der Waals surface area contributed by atoms with Gasteiger partial charge in [0.25, 0.3) is 5.91 Å². The van der Waals surface area contributed by atoms with Gasteiger partial charge in [-0.3, -0.25) is 9.36 Å². The maximum absolute atomic E-state index is 13.2. The molecular weight excluding hydrogens is 340 g/mol. The molecule has 25 heavy (non-hydrogen) atoms. The van der Waals surface area contributed by atoms with Crippen LogP contribution in [0.15, 0.2) is 35.5 Å². The Morgan fingerprint density at radius 3 is 2.80 bits per heavy atom. The maximum atomic E-state index is 13.2. The normalized spacial score (nSPS) is 18.9. The van der Waals surface area contributed by atoms with Crippen molar-refractivity contribution < 1.29 is 13.2 Å². The number of hydrogen-bond acceptors (Lipinski definition) is 4. The van der Waals surface area contributed by atoms with Gasteiger partial charge in [0.05, 0.1) is 17.9 Å². The first kappa shape index (κ1) is 16.3. The molecule has 0 saturated heterocycles. The van der Waals surface area contributed by atoms with Crippen LogP contribution in [-0.4, -0.2) is 41.3 Å². The van der Waals surface area contributed by atoms with E-state index in [1.165, 1.54) is 10.6 Å². The third-order valence-corrected chi connectivity index (χ3v) is 6.51. The fourth-order valence-corrected chi connectivity index (χ4v) is 4.84. The van der Waals surface area contributed by atoms with Gasteiger partial charge >= 0.3 is 0 Å². The summed E-state index contributed by atoms with van der Waals surface area (Å²) in [6.07, 6.45) is 3.64.